The summed E-state index contributed by atoms with van der Waals surface area (Å²) in [6, 6.07) is 10.6. The normalized spacial score (nSPS) is 13.2. The minimum absolute atomic E-state index is 0.0885. The van der Waals surface area contributed by atoms with Gasteiger partial charge in [-0.1, -0.05) is 49.6 Å². The lowest BCUT2D eigenvalue weighted by Gasteiger charge is -2.21. The quantitative estimate of drug-likeness (QED) is 0.238. The van der Waals surface area contributed by atoms with Gasteiger partial charge in [-0.25, -0.2) is 4.98 Å². The molecular weight excluding hydrogens is 431 g/mol. The average molecular weight is 456 g/mol. The maximum Gasteiger partial charge on any atom is 0.237 e. The maximum absolute atomic E-state index is 12.9. The second-order valence-corrected chi connectivity index (χ2v) is 8.56. The number of aromatic nitrogens is 2. The van der Waals surface area contributed by atoms with E-state index in [0.717, 1.165) is 16.5 Å². The Kier molecular flexibility index (Phi) is 6.56. The first-order valence-corrected chi connectivity index (χ1v) is 10.9. The van der Waals surface area contributed by atoms with E-state index in [4.69, 9.17) is 18.0 Å². The van der Waals surface area contributed by atoms with E-state index in [1.54, 1.807) is 36.5 Å². The number of H-pyrrole nitrogens is 1. The molecule has 172 valence electrons. The van der Waals surface area contributed by atoms with Crippen LogP contribution in [0.3, 0.4) is 0 Å². The van der Waals surface area contributed by atoms with Gasteiger partial charge in [0, 0.05) is 22.7 Å². The number of rotatable bonds is 8. The van der Waals surface area contributed by atoms with E-state index in [1.165, 1.54) is 0 Å². The number of aromatic amines is 1. The molecule has 0 aliphatic heterocycles. The Bertz CT molecular complexity index is 1330. The van der Waals surface area contributed by atoms with E-state index in [-0.39, 0.29) is 29.2 Å². The number of fused-ring (bicyclic) bond motifs is 1. The van der Waals surface area contributed by atoms with E-state index in [2.05, 4.69) is 15.3 Å². The van der Waals surface area contributed by atoms with Crippen molar-refractivity contribution in [1.29, 1.82) is 0 Å². The van der Waals surface area contributed by atoms with Crippen LogP contribution in [0.1, 0.15) is 41.8 Å². The molecule has 4 aromatic rings. The van der Waals surface area contributed by atoms with Gasteiger partial charge >= 0.3 is 0 Å². The molecule has 2 atom stereocenters. The number of nitrogens with two attached hydrogens (primary N) is 1. The fraction of sp³-hybridized carbons (Fsp3) is 0.240. The standard InChI is InChI=1S/C25H25BN4O4/c1-13(2)21(30-24(33)19(27)10-14-6-8-15(32)9-7-14)25-29-20(12-31)23(34-25)17-11-28-22-16(17)4-3-5-18(22)26/h3-9,11-13,19,21,28,32H,10,27H2,1-2H3,(H,30,33)/t19-,21-/m0/s1. The van der Waals surface area contributed by atoms with Crippen LogP contribution in [-0.2, 0) is 11.2 Å². The van der Waals surface area contributed by atoms with Crippen molar-refractivity contribution in [2.45, 2.75) is 32.4 Å². The number of phenolic OH excluding ortho intramolecular Hbond substituents is 1. The SMILES string of the molecule is [B]c1cccc2c(-c3oc([C@@H](NC(=O)[C@@H](N)Cc4ccc(O)cc4)C(C)C)nc3C=O)c[nH]c12. The molecule has 2 heterocycles. The molecule has 0 aliphatic rings. The summed E-state index contributed by atoms with van der Waals surface area (Å²) in [7, 11) is 6.04. The number of amides is 1. The predicted molar refractivity (Wildman–Crippen MR) is 130 cm³/mol. The summed E-state index contributed by atoms with van der Waals surface area (Å²) < 4.78 is 6.05. The lowest BCUT2D eigenvalue weighted by molar-refractivity contribution is -0.123. The third kappa shape index (κ3) is 4.60. The third-order valence-corrected chi connectivity index (χ3v) is 5.73. The lowest BCUT2D eigenvalue weighted by Crippen LogP contribution is -2.44. The fourth-order valence-corrected chi connectivity index (χ4v) is 3.87. The highest BCUT2D eigenvalue weighted by Gasteiger charge is 2.28. The van der Waals surface area contributed by atoms with E-state index < -0.39 is 12.1 Å². The minimum atomic E-state index is -0.817. The van der Waals surface area contributed by atoms with E-state index >= 15 is 0 Å². The monoisotopic (exact) mass is 456 g/mol. The van der Waals surface area contributed by atoms with Crippen molar-refractivity contribution < 1.29 is 19.1 Å². The topological polar surface area (TPSA) is 134 Å². The molecule has 4 rings (SSSR count). The molecule has 34 heavy (non-hydrogen) atoms. The van der Waals surface area contributed by atoms with Gasteiger partial charge in [0.25, 0.3) is 0 Å². The number of aromatic hydroxyl groups is 1. The van der Waals surface area contributed by atoms with Gasteiger partial charge in [0.05, 0.1) is 6.04 Å². The molecule has 0 fully saturated rings. The number of oxazole rings is 1. The zero-order valence-electron chi connectivity index (χ0n) is 18.9. The van der Waals surface area contributed by atoms with Gasteiger partial charge in [0.2, 0.25) is 11.8 Å². The summed E-state index contributed by atoms with van der Waals surface area (Å²) in [5.74, 6) is 0.198. The number of para-hydroxylation sites is 1. The molecule has 2 radical (unpaired) electrons. The van der Waals surface area contributed by atoms with Crippen molar-refractivity contribution in [3.05, 3.63) is 65.8 Å². The fourth-order valence-electron chi connectivity index (χ4n) is 3.87. The van der Waals surface area contributed by atoms with Crippen molar-refractivity contribution in [3.8, 4) is 17.1 Å². The van der Waals surface area contributed by atoms with Gasteiger partial charge in [0.1, 0.15) is 25.3 Å². The van der Waals surface area contributed by atoms with Crippen LogP contribution < -0.4 is 16.5 Å². The molecule has 1 amide bonds. The Morgan fingerprint density at radius 3 is 2.68 bits per heavy atom. The number of hydrogen-bond donors (Lipinski definition) is 4. The van der Waals surface area contributed by atoms with Gasteiger partial charge in [-0.3, -0.25) is 9.59 Å². The molecule has 0 saturated heterocycles. The smallest absolute Gasteiger partial charge is 0.237 e. The van der Waals surface area contributed by atoms with Crippen molar-refractivity contribution in [1.82, 2.24) is 15.3 Å². The largest absolute Gasteiger partial charge is 0.508 e. The molecule has 8 nitrogen and oxygen atoms in total. The summed E-state index contributed by atoms with van der Waals surface area (Å²) in [4.78, 5) is 32.2. The van der Waals surface area contributed by atoms with Gasteiger partial charge in [-0.05, 0) is 30.0 Å². The lowest BCUT2D eigenvalue weighted by atomic mass is 9.93. The Balaban J connectivity index is 1.60. The maximum atomic E-state index is 12.9. The number of phenols is 1. The van der Waals surface area contributed by atoms with Crippen molar-refractivity contribution in [2.24, 2.45) is 11.7 Å². The van der Waals surface area contributed by atoms with Gasteiger partial charge < -0.3 is 25.6 Å². The van der Waals surface area contributed by atoms with E-state index in [9.17, 15) is 14.7 Å². The summed E-state index contributed by atoms with van der Waals surface area (Å²) in [5, 5.41) is 13.1. The molecular formula is C25H25BN4O4. The van der Waals surface area contributed by atoms with Crippen LogP contribution in [0.25, 0.3) is 22.2 Å². The minimum Gasteiger partial charge on any atom is -0.508 e. The Morgan fingerprint density at radius 2 is 2.00 bits per heavy atom. The summed E-state index contributed by atoms with van der Waals surface area (Å²) >= 11 is 0. The number of aldehydes is 1. The van der Waals surface area contributed by atoms with Gasteiger partial charge in [0.15, 0.2) is 12.0 Å². The number of nitrogens with one attached hydrogen (secondary N) is 2. The van der Waals surface area contributed by atoms with Crippen molar-refractivity contribution in [3.63, 3.8) is 0 Å². The second kappa shape index (κ2) is 9.57. The highest BCUT2D eigenvalue weighted by molar-refractivity contribution is 6.38. The van der Waals surface area contributed by atoms with Crippen LogP contribution in [0.2, 0.25) is 0 Å². The molecule has 2 aromatic heterocycles. The zero-order chi connectivity index (χ0) is 24.4. The molecule has 0 saturated carbocycles. The molecule has 2 aromatic carbocycles. The predicted octanol–water partition coefficient (Wildman–Crippen LogP) is 2.52. The van der Waals surface area contributed by atoms with E-state index in [1.807, 2.05) is 26.0 Å². The molecule has 5 N–H and O–H groups in total. The molecule has 0 spiro atoms. The van der Waals surface area contributed by atoms with Crippen LogP contribution in [0, 0.1) is 5.92 Å². The van der Waals surface area contributed by atoms with Crippen LogP contribution in [0.15, 0.2) is 53.1 Å². The third-order valence-electron chi connectivity index (χ3n) is 5.73. The van der Waals surface area contributed by atoms with Gasteiger partial charge in [-0.15, -0.1) is 0 Å². The summed E-state index contributed by atoms with van der Waals surface area (Å²) in [6.07, 6.45) is 2.64. The highest BCUT2D eigenvalue weighted by Crippen LogP contribution is 2.33. The first-order valence-electron chi connectivity index (χ1n) is 10.9. The molecule has 0 unspecified atom stereocenters. The number of benzene rings is 2. The first kappa shape index (κ1) is 23.3. The van der Waals surface area contributed by atoms with Gasteiger partial charge in [-0.2, -0.15) is 0 Å². The Labute approximate surface area is 198 Å². The number of nitrogens with zero attached hydrogens (tertiary/aromatic N) is 1. The Hall–Kier alpha value is -3.85. The van der Waals surface area contributed by atoms with Crippen LogP contribution in [0.5, 0.6) is 5.75 Å². The van der Waals surface area contributed by atoms with Crippen LogP contribution in [-0.4, -0.2) is 41.2 Å². The zero-order valence-corrected chi connectivity index (χ0v) is 18.9. The van der Waals surface area contributed by atoms with Crippen LogP contribution in [0.4, 0.5) is 0 Å². The summed E-state index contributed by atoms with van der Waals surface area (Å²) in [6.45, 7) is 3.82. The molecule has 9 heteroatoms. The number of carbonyl (C=O) groups excluding carboxylic acids is 2. The molecule has 0 aliphatic carbocycles. The average Bonchev–Trinajstić information content (AvgIpc) is 3.43. The highest BCUT2D eigenvalue weighted by atomic mass is 16.4. The Morgan fingerprint density at radius 1 is 1.26 bits per heavy atom. The second-order valence-electron chi connectivity index (χ2n) is 8.56. The molecule has 0 bridgehead atoms. The first-order chi connectivity index (χ1) is 16.3. The van der Waals surface area contributed by atoms with Crippen molar-refractivity contribution >= 4 is 36.4 Å². The van der Waals surface area contributed by atoms with Crippen molar-refractivity contribution in [2.75, 3.05) is 0 Å². The van der Waals surface area contributed by atoms with Crippen LogP contribution >= 0.6 is 0 Å². The summed E-state index contributed by atoms with van der Waals surface area (Å²) in [5.41, 5.74) is 9.05. The number of hydrogen-bond acceptors (Lipinski definition) is 6. The van der Waals surface area contributed by atoms with E-state index in [0.29, 0.717) is 29.5 Å². The number of carbonyl (C=O) groups is 2.